The van der Waals surface area contributed by atoms with Crippen LogP contribution >= 0.6 is 11.6 Å². The van der Waals surface area contributed by atoms with Crippen LogP contribution in [0, 0.1) is 0 Å². The van der Waals surface area contributed by atoms with Gasteiger partial charge in [0.15, 0.2) is 0 Å². The Bertz CT molecular complexity index is 1470. The van der Waals surface area contributed by atoms with Crippen LogP contribution in [0.5, 0.6) is 0 Å². The Morgan fingerprint density at radius 2 is 1.31 bits per heavy atom. The molecule has 0 bridgehead atoms. The van der Waals surface area contributed by atoms with E-state index in [1.807, 2.05) is 12.1 Å². The number of hydrogen-bond acceptors (Lipinski definition) is 1. The molecule has 0 spiro atoms. The molecular weight excluding hydrogens is 446 g/mol. The fourth-order valence-electron chi connectivity index (χ4n) is 4.88. The molecule has 0 aliphatic rings. The molecular formula is C33H30ClN. The molecule has 0 heterocycles. The van der Waals surface area contributed by atoms with Crippen molar-refractivity contribution in [3.05, 3.63) is 131 Å². The van der Waals surface area contributed by atoms with Crippen LogP contribution in [-0.4, -0.2) is 13.1 Å². The molecule has 0 fully saturated rings. The zero-order valence-electron chi connectivity index (χ0n) is 20.2. The second-order valence-corrected chi connectivity index (χ2v) is 9.72. The van der Waals surface area contributed by atoms with Crippen molar-refractivity contribution in [2.75, 3.05) is 11.9 Å². The van der Waals surface area contributed by atoms with Crippen LogP contribution in [0.15, 0.2) is 115 Å². The van der Waals surface area contributed by atoms with Crippen molar-refractivity contribution in [2.24, 2.45) is 0 Å². The number of nitrogens with zero attached hydrogens (tertiary/aromatic N) is 1. The van der Waals surface area contributed by atoms with Crippen molar-refractivity contribution in [3.63, 3.8) is 0 Å². The van der Waals surface area contributed by atoms with Crippen molar-refractivity contribution < 1.29 is 0 Å². The molecule has 0 radical (unpaired) electrons. The first-order valence-electron chi connectivity index (χ1n) is 12.2. The normalized spacial score (nSPS) is 13.3. The molecule has 174 valence electrons. The summed E-state index contributed by atoms with van der Waals surface area (Å²) in [6.07, 6.45) is 5.50. The van der Waals surface area contributed by atoms with Gasteiger partial charge in [0.05, 0.1) is 0 Å². The molecule has 0 saturated carbocycles. The maximum atomic E-state index is 6.22. The highest BCUT2D eigenvalue weighted by Gasteiger charge is 2.22. The predicted molar refractivity (Wildman–Crippen MR) is 154 cm³/mol. The Balaban J connectivity index is 1.41. The third-order valence-electron chi connectivity index (χ3n) is 7.11. The molecule has 5 rings (SSSR count). The third kappa shape index (κ3) is 5.26. The van der Waals surface area contributed by atoms with Crippen molar-refractivity contribution >= 4 is 44.9 Å². The van der Waals surface area contributed by atoms with Crippen molar-refractivity contribution in [1.29, 1.82) is 0 Å². The molecule has 5 aromatic rings. The van der Waals surface area contributed by atoms with Gasteiger partial charge in [0.2, 0.25) is 0 Å². The quantitative estimate of drug-likeness (QED) is 0.226. The third-order valence-corrected chi connectivity index (χ3v) is 7.36. The molecule has 0 saturated heterocycles. The number of rotatable bonds is 7. The van der Waals surface area contributed by atoms with Gasteiger partial charge in [-0.15, -0.1) is 0 Å². The van der Waals surface area contributed by atoms with Crippen LogP contribution in [0.25, 0.3) is 27.6 Å². The van der Waals surface area contributed by atoms with E-state index in [4.69, 9.17) is 11.6 Å². The summed E-state index contributed by atoms with van der Waals surface area (Å²) in [5.41, 5.74) is 3.76. The summed E-state index contributed by atoms with van der Waals surface area (Å²) < 4.78 is 0. The summed E-state index contributed by atoms with van der Waals surface area (Å²) in [4.78, 5) is 2.40. The minimum absolute atomic E-state index is 0.290. The maximum absolute atomic E-state index is 6.22. The highest BCUT2D eigenvalue weighted by molar-refractivity contribution is 6.30. The summed E-state index contributed by atoms with van der Waals surface area (Å²) in [5.74, 6) is 0.320. The molecule has 0 aromatic heterocycles. The first kappa shape index (κ1) is 23.2. The predicted octanol–water partition coefficient (Wildman–Crippen LogP) is 9.36. The van der Waals surface area contributed by atoms with Crippen LogP contribution in [0.3, 0.4) is 0 Å². The Morgan fingerprint density at radius 3 is 2.00 bits per heavy atom. The monoisotopic (exact) mass is 475 g/mol. The van der Waals surface area contributed by atoms with E-state index in [9.17, 15) is 0 Å². The standard InChI is InChI=1S/C33H30ClN/c1-24(35(2)32-21-18-27-10-4-6-12-30(27)23-32)33(28-16-19-31(34)20-17-28)13-7-8-25-14-15-26-9-3-5-11-29(26)22-25/h3-12,14-24,33H,13H2,1-2H3/t24-,33+/m1/s1. The van der Waals surface area contributed by atoms with Gasteiger partial charge in [0, 0.05) is 29.7 Å². The van der Waals surface area contributed by atoms with Gasteiger partial charge in [0.1, 0.15) is 0 Å². The molecule has 0 N–H and O–H groups in total. The molecule has 0 aliphatic heterocycles. The fraction of sp³-hybridized carbons (Fsp3) is 0.152. The lowest BCUT2D eigenvalue weighted by molar-refractivity contribution is 0.548. The summed E-state index contributed by atoms with van der Waals surface area (Å²) in [5, 5.41) is 5.85. The SMILES string of the molecule is C[C@H]([C@H](CC=Cc1ccc2ccccc2c1)c1ccc(Cl)cc1)N(C)c1ccc2ccccc2c1. The topological polar surface area (TPSA) is 3.24 Å². The van der Waals surface area contributed by atoms with Gasteiger partial charge in [-0.1, -0.05) is 103 Å². The van der Waals surface area contributed by atoms with Crippen LogP contribution < -0.4 is 4.90 Å². The highest BCUT2D eigenvalue weighted by atomic mass is 35.5. The van der Waals surface area contributed by atoms with E-state index in [0.717, 1.165) is 11.4 Å². The molecule has 2 atom stereocenters. The zero-order chi connectivity index (χ0) is 24.2. The summed E-state index contributed by atoms with van der Waals surface area (Å²) in [6.45, 7) is 2.32. The Kier molecular flexibility index (Phi) is 6.88. The first-order chi connectivity index (χ1) is 17.1. The molecule has 2 heteroatoms. The van der Waals surface area contributed by atoms with Gasteiger partial charge in [-0.3, -0.25) is 0 Å². The van der Waals surface area contributed by atoms with E-state index in [-0.39, 0.29) is 0 Å². The zero-order valence-corrected chi connectivity index (χ0v) is 21.0. The minimum atomic E-state index is 0.290. The average Bonchev–Trinajstić information content (AvgIpc) is 2.90. The Morgan fingerprint density at radius 1 is 0.714 bits per heavy atom. The number of benzene rings is 5. The van der Waals surface area contributed by atoms with Crippen molar-refractivity contribution in [1.82, 2.24) is 0 Å². The smallest absolute Gasteiger partial charge is 0.0406 e. The fourth-order valence-corrected chi connectivity index (χ4v) is 5.01. The van der Waals surface area contributed by atoms with E-state index in [1.165, 1.54) is 38.4 Å². The van der Waals surface area contributed by atoms with E-state index < -0.39 is 0 Å². The first-order valence-corrected chi connectivity index (χ1v) is 12.6. The average molecular weight is 476 g/mol. The number of hydrogen-bond donors (Lipinski definition) is 0. The van der Waals surface area contributed by atoms with Crippen LogP contribution in [0.4, 0.5) is 5.69 Å². The van der Waals surface area contributed by atoms with Gasteiger partial charge in [-0.05, 0) is 76.3 Å². The number of halogens is 1. The summed E-state index contributed by atoms with van der Waals surface area (Å²) in [6, 6.07) is 39.0. The molecule has 0 unspecified atom stereocenters. The number of allylic oxidation sites excluding steroid dienone is 1. The van der Waals surface area contributed by atoms with Gasteiger partial charge in [-0.2, -0.15) is 0 Å². The second kappa shape index (κ2) is 10.4. The van der Waals surface area contributed by atoms with E-state index in [2.05, 4.69) is 128 Å². The van der Waals surface area contributed by atoms with Crippen LogP contribution in [-0.2, 0) is 0 Å². The van der Waals surface area contributed by atoms with Gasteiger partial charge >= 0.3 is 0 Å². The largest absolute Gasteiger partial charge is 0.371 e. The van der Waals surface area contributed by atoms with Crippen molar-refractivity contribution in [3.8, 4) is 0 Å². The van der Waals surface area contributed by atoms with Gasteiger partial charge in [0.25, 0.3) is 0 Å². The lowest BCUT2D eigenvalue weighted by Crippen LogP contribution is -2.34. The Labute approximate surface area is 213 Å². The maximum Gasteiger partial charge on any atom is 0.0406 e. The molecule has 0 aliphatic carbocycles. The van der Waals surface area contributed by atoms with Crippen molar-refractivity contribution in [2.45, 2.75) is 25.3 Å². The Hall–Kier alpha value is -3.55. The summed E-state index contributed by atoms with van der Waals surface area (Å²) >= 11 is 6.22. The van der Waals surface area contributed by atoms with E-state index in [0.29, 0.717) is 12.0 Å². The van der Waals surface area contributed by atoms with Crippen LogP contribution in [0.2, 0.25) is 5.02 Å². The summed E-state index contributed by atoms with van der Waals surface area (Å²) in [7, 11) is 2.20. The molecule has 35 heavy (non-hydrogen) atoms. The number of fused-ring (bicyclic) bond motifs is 2. The lowest BCUT2D eigenvalue weighted by Gasteiger charge is -2.34. The molecule has 5 aromatic carbocycles. The molecule has 0 amide bonds. The molecule has 1 nitrogen and oxygen atoms in total. The number of likely N-dealkylation sites (N-methyl/N-ethyl adjacent to an activating group) is 1. The van der Waals surface area contributed by atoms with Crippen LogP contribution in [0.1, 0.15) is 30.4 Å². The lowest BCUT2D eigenvalue weighted by atomic mass is 9.88. The minimum Gasteiger partial charge on any atom is -0.371 e. The highest BCUT2D eigenvalue weighted by Crippen LogP contribution is 2.32. The van der Waals surface area contributed by atoms with E-state index >= 15 is 0 Å². The van der Waals surface area contributed by atoms with Gasteiger partial charge in [-0.25, -0.2) is 0 Å². The van der Waals surface area contributed by atoms with E-state index in [1.54, 1.807) is 0 Å². The van der Waals surface area contributed by atoms with Gasteiger partial charge < -0.3 is 4.90 Å². The second-order valence-electron chi connectivity index (χ2n) is 9.29. The number of anilines is 1.